The van der Waals surface area contributed by atoms with Gasteiger partial charge in [-0.1, -0.05) is 6.07 Å². The van der Waals surface area contributed by atoms with Crippen molar-refractivity contribution >= 4 is 11.8 Å². The molecule has 0 radical (unpaired) electrons. The summed E-state index contributed by atoms with van der Waals surface area (Å²) in [5, 5.41) is 2.64. The highest BCUT2D eigenvalue weighted by Crippen LogP contribution is 2.22. The fraction of sp³-hybridized carbons (Fsp3) is 0.533. The Balaban J connectivity index is 1.93. The first kappa shape index (κ1) is 14.5. The van der Waals surface area contributed by atoms with Crippen molar-refractivity contribution < 1.29 is 9.59 Å². The minimum Gasteiger partial charge on any atom is -0.342 e. The number of rotatable bonds is 2. The minimum absolute atomic E-state index is 0.131. The van der Waals surface area contributed by atoms with Crippen molar-refractivity contribution in [1.29, 1.82) is 0 Å². The SMILES string of the molecule is CC1CCCC(C)N1C(=O)C(=O)NCc1ccccn1. The average Bonchev–Trinajstić information content (AvgIpc) is 2.45. The molecule has 1 fully saturated rings. The summed E-state index contributed by atoms with van der Waals surface area (Å²) in [6, 6.07) is 5.74. The fourth-order valence-corrected chi connectivity index (χ4v) is 2.69. The van der Waals surface area contributed by atoms with Crippen LogP contribution in [0.5, 0.6) is 0 Å². The van der Waals surface area contributed by atoms with Crippen LogP contribution in [0, 0.1) is 0 Å². The molecule has 2 atom stereocenters. The number of amides is 2. The van der Waals surface area contributed by atoms with Gasteiger partial charge in [0.15, 0.2) is 0 Å². The van der Waals surface area contributed by atoms with Crippen LogP contribution in [0.3, 0.4) is 0 Å². The van der Waals surface area contributed by atoms with E-state index in [1.807, 2.05) is 32.0 Å². The first-order valence-electron chi connectivity index (χ1n) is 7.10. The Labute approximate surface area is 119 Å². The van der Waals surface area contributed by atoms with Gasteiger partial charge in [0.05, 0.1) is 12.2 Å². The number of nitrogens with one attached hydrogen (secondary N) is 1. The molecule has 20 heavy (non-hydrogen) atoms. The van der Waals surface area contributed by atoms with Gasteiger partial charge in [0, 0.05) is 18.3 Å². The third-order valence-electron chi connectivity index (χ3n) is 3.78. The van der Waals surface area contributed by atoms with Crippen LogP contribution in [0.25, 0.3) is 0 Å². The molecule has 2 amide bonds. The molecular weight excluding hydrogens is 254 g/mol. The Hall–Kier alpha value is -1.91. The van der Waals surface area contributed by atoms with Crippen LogP contribution in [-0.2, 0) is 16.1 Å². The summed E-state index contributed by atoms with van der Waals surface area (Å²) in [5.41, 5.74) is 0.744. The molecule has 5 heteroatoms. The van der Waals surface area contributed by atoms with Crippen molar-refractivity contribution in [2.24, 2.45) is 0 Å². The third-order valence-corrected chi connectivity index (χ3v) is 3.78. The summed E-state index contributed by atoms with van der Waals surface area (Å²) in [4.78, 5) is 30.0. The lowest BCUT2D eigenvalue weighted by Crippen LogP contribution is -2.52. The molecule has 0 bridgehead atoms. The molecule has 0 aromatic carbocycles. The van der Waals surface area contributed by atoms with Gasteiger partial charge < -0.3 is 10.2 Å². The zero-order chi connectivity index (χ0) is 14.5. The van der Waals surface area contributed by atoms with Crippen LogP contribution in [0.4, 0.5) is 0 Å². The molecule has 5 nitrogen and oxygen atoms in total. The van der Waals surface area contributed by atoms with E-state index in [4.69, 9.17) is 0 Å². The zero-order valence-corrected chi connectivity index (χ0v) is 12.0. The molecule has 0 saturated carbocycles. The second kappa shape index (κ2) is 6.50. The molecule has 0 aliphatic carbocycles. The number of pyridine rings is 1. The lowest BCUT2D eigenvalue weighted by atomic mass is 9.97. The van der Waals surface area contributed by atoms with E-state index >= 15 is 0 Å². The summed E-state index contributed by atoms with van der Waals surface area (Å²) in [5.74, 6) is -0.975. The lowest BCUT2D eigenvalue weighted by molar-refractivity contribution is -0.150. The predicted octanol–water partition coefficient (Wildman–Crippen LogP) is 1.49. The smallest absolute Gasteiger partial charge is 0.312 e. The summed E-state index contributed by atoms with van der Waals surface area (Å²) in [6.07, 6.45) is 4.70. The van der Waals surface area contributed by atoms with E-state index in [9.17, 15) is 9.59 Å². The Morgan fingerprint density at radius 2 is 2.00 bits per heavy atom. The summed E-state index contributed by atoms with van der Waals surface area (Å²) in [6.45, 7) is 4.28. The molecule has 1 aromatic rings. The van der Waals surface area contributed by atoms with Crippen molar-refractivity contribution in [3.63, 3.8) is 0 Å². The summed E-state index contributed by atoms with van der Waals surface area (Å²) >= 11 is 0. The number of carbonyl (C=O) groups excluding carboxylic acids is 2. The number of hydrogen-bond donors (Lipinski definition) is 1. The van der Waals surface area contributed by atoms with Crippen LogP contribution < -0.4 is 5.32 Å². The van der Waals surface area contributed by atoms with Crippen molar-refractivity contribution in [2.75, 3.05) is 0 Å². The molecule has 1 aliphatic rings. The second-order valence-electron chi connectivity index (χ2n) is 5.35. The maximum absolute atomic E-state index is 12.2. The number of hydrogen-bond acceptors (Lipinski definition) is 3. The maximum Gasteiger partial charge on any atom is 0.312 e. The van der Waals surface area contributed by atoms with Crippen LogP contribution in [0.1, 0.15) is 38.8 Å². The van der Waals surface area contributed by atoms with Gasteiger partial charge in [-0.25, -0.2) is 0 Å². The molecular formula is C15H21N3O2. The van der Waals surface area contributed by atoms with E-state index in [2.05, 4.69) is 10.3 Å². The van der Waals surface area contributed by atoms with E-state index < -0.39 is 11.8 Å². The average molecular weight is 275 g/mol. The number of aromatic nitrogens is 1. The Morgan fingerprint density at radius 3 is 2.60 bits per heavy atom. The highest BCUT2D eigenvalue weighted by atomic mass is 16.2. The molecule has 0 spiro atoms. The van der Waals surface area contributed by atoms with Gasteiger partial charge >= 0.3 is 11.8 Å². The van der Waals surface area contributed by atoms with Crippen LogP contribution in [-0.4, -0.2) is 33.8 Å². The van der Waals surface area contributed by atoms with Crippen molar-refractivity contribution in [2.45, 2.75) is 51.7 Å². The van der Waals surface area contributed by atoms with E-state index in [0.29, 0.717) is 0 Å². The quantitative estimate of drug-likeness (QED) is 0.832. The second-order valence-corrected chi connectivity index (χ2v) is 5.35. The highest BCUT2D eigenvalue weighted by Gasteiger charge is 2.32. The number of carbonyl (C=O) groups is 2. The lowest BCUT2D eigenvalue weighted by Gasteiger charge is -2.38. The minimum atomic E-state index is -0.545. The number of nitrogens with zero attached hydrogens (tertiary/aromatic N) is 2. The highest BCUT2D eigenvalue weighted by molar-refractivity contribution is 6.35. The van der Waals surface area contributed by atoms with Crippen LogP contribution in [0.2, 0.25) is 0 Å². The van der Waals surface area contributed by atoms with Crippen LogP contribution in [0.15, 0.2) is 24.4 Å². The Kier molecular flexibility index (Phi) is 4.71. The normalized spacial score (nSPS) is 22.4. The molecule has 2 rings (SSSR count). The van der Waals surface area contributed by atoms with E-state index in [0.717, 1.165) is 25.0 Å². The van der Waals surface area contributed by atoms with Crippen molar-refractivity contribution in [3.8, 4) is 0 Å². The van der Waals surface area contributed by atoms with Gasteiger partial charge in [-0.2, -0.15) is 0 Å². The molecule has 2 unspecified atom stereocenters. The first-order valence-corrected chi connectivity index (χ1v) is 7.10. The van der Waals surface area contributed by atoms with Gasteiger partial charge in [0.25, 0.3) is 0 Å². The Bertz CT molecular complexity index is 465. The van der Waals surface area contributed by atoms with Gasteiger partial charge in [0.1, 0.15) is 0 Å². The standard InChI is InChI=1S/C15H21N3O2/c1-11-6-5-7-12(2)18(11)15(20)14(19)17-10-13-8-3-4-9-16-13/h3-4,8-9,11-12H,5-7,10H2,1-2H3,(H,17,19). The topological polar surface area (TPSA) is 62.3 Å². The molecule has 1 N–H and O–H groups in total. The van der Waals surface area contributed by atoms with Crippen molar-refractivity contribution in [3.05, 3.63) is 30.1 Å². The van der Waals surface area contributed by atoms with Gasteiger partial charge in [-0.05, 0) is 45.2 Å². The van der Waals surface area contributed by atoms with E-state index in [-0.39, 0.29) is 18.6 Å². The molecule has 1 aliphatic heterocycles. The Morgan fingerprint density at radius 1 is 1.30 bits per heavy atom. The maximum atomic E-state index is 12.2. The van der Waals surface area contributed by atoms with E-state index in [1.54, 1.807) is 11.1 Å². The largest absolute Gasteiger partial charge is 0.342 e. The third kappa shape index (κ3) is 3.35. The van der Waals surface area contributed by atoms with Gasteiger partial charge in [0.2, 0.25) is 0 Å². The summed E-state index contributed by atoms with van der Waals surface area (Å²) in [7, 11) is 0. The molecule has 1 saturated heterocycles. The zero-order valence-electron chi connectivity index (χ0n) is 12.0. The summed E-state index contributed by atoms with van der Waals surface area (Å²) < 4.78 is 0. The fourth-order valence-electron chi connectivity index (χ4n) is 2.69. The van der Waals surface area contributed by atoms with Crippen LogP contribution >= 0.6 is 0 Å². The van der Waals surface area contributed by atoms with E-state index in [1.165, 1.54) is 0 Å². The number of likely N-dealkylation sites (tertiary alicyclic amines) is 1. The number of piperidine rings is 1. The molecule has 108 valence electrons. The van der Waals surface area contributed by atoms with Gasteiger partial charge in [-0.3, -0.25) is 14.6 Å². The van der Waals surface area contributed by atoms with Gasteiger partial charge in [-0.15, -0.1) is 0 Å². The first-order chi connectivity index (χ1) is 9.59. The van der Waals surface area contributed by atoms with Crippen molar-refractivity contribution in [1.82, 2.24) is 15.2 Å². The molecule has 2 heterocycles. The molecule has 1 aromatic heterocycles. The monoisotopic (exact) mass is 275 g/mol. The predicted molar refractivity (Wildman–Crippen MR) is 75.7 cm³/mol.